The van der Waals surface area contributed by atoms with Gasteiger partial charge in [-0.15, -0.1) is 0 Å². The summed E-state index contributed by atoms with van der Waals surface area (Å²) in [6, 6.07) is 6.05. The maximum Gasteiger partial charge on any atom is 0.123 e. The van der Waals surface area contributed by atoms with Crippen LogP contribution in [0.2, 0.25) is 0 Å². The Morgan fingerprint density at radius 3 is 2.67 bits per heavy atom. The molecule has 4 heteroatoms. The molecule has 2 nitrogen and oxygen atoms in total. The fourth-order valence-corrected chi connectivity index (χ4v) is 1.73. The summed E-state index contributed by atoms with van der Waals surface area (Å²) in [7, 11) is 0. The van der Waals surface area contributed by atoms with Gasteiger partial charge in [-0.3, -0.25) is 0 Å². The van der Waals surface area contributed by atoms with E-state index in [2.05, 4.69) is 6.92 Å². The van der Waals surface area contributed by atoms with Crippen LogP contribution >= 0.6 is 11.8 Å². The van der Waals surface area contributed by atoms with Gasteiger partial charge in [0.05, 0.1) is 6.61 Å². The third-order valence-electron chi connectivity index (χ3n) is 1.90. The van der Waals surface area contributed by atoms with E-state index < -0.39 is 0 Å². The van der Waals surface area contributed by atoms with Crippen LogP contribution in [0.3, 0.4) is 0 Å². The zero-order chi connectivity index (χ0) is 11.1. The molecule has 15 heavy (non-hydrogen) atoms. The van der Waals surface area contributed by atoms with Crippen molar-refractivity contribution in [2.75, 3.05) is 18.9 Å². The quantitative estimate of drug-likeness (QED) is 0.760. The molecule has 0 radical (unpaired) electrons. The minimum atomic E-state index is -0.242. The molecule has 0 aromatic heterocycles. The second kappa shape index (κ2) is 6.69. The lowest BCUT2D eigenvalue weighted by Gasteiger charge is -2.09. The molecule has 1 unspecified atom stereocenters. The van der Waals surface area contributed by atoms with Crippen molar-refractivity contribution in [3.8, 4) is 5.75 Å². The highest BCUT2D eigenvalue weighted by molar-refractivity contribution is 7.99. The van der Waals surface area contributed by atoms with Gasteiger partial charge < -0.3 is 10.5 Å². The maximum atomic E-state index is 12.6. The van der Waals surface area contributed by atoms with Crippen LogP contribution in [0.25, 0.3) is 0 Å². The Kier molecular flexibility index (Phi) is 5.50. The second-order valence-corrected chi connectivity index (χ2v) is 4.77. The van der Waals surface area contributed by atoms with E-state index in [1.165, 1.54) is 12.1 Å². The van der Waals surface area contributed by atoms with Crippen molar-refractivity contribution < 1.29 is 9.13 Å². The molecule has 0 fully saturated rings. The molecular weight excluding hydrogens is 213 g/mol. The molecule has 1 aromatic carbocycles. The van der Waals surface area contributed by atoms with E-state index in [4.69, 9.17) is 10.5 Å². The van der Waals surface area contributed by atoms with E-state index in [9.17, 15) is 4.39 Å². The lowest BCUT2D eigenvalue weighted by Crippen LogP contribution is -2.14. The molecule has 0 saturated heterocycles. The van der Waals surface area contributed by atoms with Gasteiger partial charge in [-0.25, -0.2) is 4.39 Å². The third-order valence-corrected chi connectivity index (χ3v) is 3.06. The molecule has 1 aromatic rings. The second-order valence-electron chi connectivity index (χ2n) is 3.22. The van der Waals surface area contributed by atoms with Gasteiger partial charge in [-0.2, -0.15) is 11.8 Å². The third kappa shape index (κ3) is 5.04. The number of ether oxygens (including phenoxy) is 1. The van der Waals surface area contributed by atoms with Crippen molar-refractivity contribution in [2.45, 2.75) is 12.2 Å². The summed E-state index contributed by atoms with van der Waals surface area (Å²) in [6.07, 6.45) is 0. The van der Waals surface area contributed by atoms with E-state index >= 15 is 0 Å². The van der Waals surface area contributed by atoms with Crippen LogP contribution in [0, 0.1) is 5.82 Å². The summed E-state index contributed by atoms with van der Waals surface area (Å²) in [6.45, 7) is 3.39. The number of hydrogen-bond donors (Lipinski definition) is 1. The summed E-state index contributed by atoms with van der Waals surface area (Å²) in [5, 5.41) is 0.460. The van der Waals surface area contributed by atoms with Gasteiger partial charge in [-0.05, 0) is 24.3 Å². The van der Waals surface area contributed by atoms with Crippen LogP contribution in [0.5, 0.6) is 5.75 Å². The van der Waals surface area contributed by atoms with E-state index in [0.29, 0.717) is 24.2 Å². The highest BCUT2D eigenvalue weighted by atomic mass is 32.2. The fourth-order valence-electron chi connectivity index (χ4n) is 1.01. The maximum absolute atomic E-state index is 12.6. The Morgan fingerprint density at radius 2 is 2.07 bits per heavy atom. The molecular formula is C11H16FNOS. The summed E-state index contributed by atoms with van der Waals surface area (Å²) in [4.78, 5) is 0. The lowest BCUT2D eigenvalue weighted by molar-refractivity contribution is 0.343. The molecule has 2 N–H and O–H groups in total. The first kappa shape index (κ1) is 12.3. The Morgan fingerprint density at radius 1 is 1.40 bits per heavy atom. The Labute approximate surface area is 94.0 Å². The molecule has 0 aliphatic carbocycles. The number of hydrogen-bond acceptors (Lipinski definition) is 3. The van der Waals surface area contributed by atoms with Crippen LogP contribution in [-0.2, 0) is 0 Å². The van der Waals surface area contributed by atoms with Crippen molar-refractivity contribution >= 4 is 11.8 Å². The first-order chi connectivity index (χ1) is 7.22. The largest absolute Gasteiger partial charge is 0.493 e. The summed E-state index contributed by atoms with van der Waals surface area (Å²) in [5.74, 6) is 1.36. The monoisotopic (exact) mass is 229 g/mol. The minimum Gasteiger partial charge on any atom is -0.493 e. The van der Waals surface area contributed by atoms with Crippen molar-refractivity contribution in [1.29, 1.82) is 0 Å². The molecule has 0 amide bonds. The molecule has 0 spiro atoms. The number of rotatable bonds is 6. The molecule has 0 aliphatic heterocycles. The Balaban J connectivity index is 2.17. The highest BCUT2D eigenvalue weighted by Gasteiger charge is 1.99. The van der Waals surface area contributed by atoms with Gasteiger partial charge in [0.25, 0.3) is 0 Å². The first-order valence-corrected chi connectivity index (χ1v) is 5.97. The normalized spacial score (nSPS) is 12.5. The number of benzene rings is 1. The smallest absolute Gasteiger partial charge is 0.123 e. The van der Waals surface area contributed by atoms with Gasteiger partial charge in [0.15, 0.2) is 0 Å². The van der Waals surface area contributed by atoms with Crippen LogP contribution in [0.4, 0.5) is 4.39 Å². The lowest BCUT2D eigenvalue weighted by atomic mass is 10.3. The first-order valence-electron chi connectivity index (χ1n) is 4.92. The minimum absolute atomic E-state index is 0.242. The average Bonchev–Trinajstić information content (AvgIpc) is 2.26. The van der Waals surface area contributed by atoms with Crippen LogP contribution in [0.1, 0.15) is 6.92 Å². The predicted molar refractivity (Wildman–Crippen MR) is 62.9 cm³/mol. The zero-order valence-electron chi connectivity index (χ0n) is 8.78. The van der Waals surface area contributed by atoms with E-state index in [-0.39, 0.29) is 5.82 Å². The molecule has 0 heterocycles. The van der Waals surface area contributed by atoms with Crippen molar-refractivity contribution in [3.05, 3.63) is 30.1 Å². The number of thioether (sulfide) groups is 1. The average molecular weight is 229 g/mol. The van der Waals surface area contributed by atoms with Crippen LogP contribution in [-0.4, -0.2) is 24.2 Å². The van der Waals surface area contributed by atoms with Crippen LogP contribution in [0.15, 0.2) is 24.3 Å². The van der Waals surface area contributed by atoms with Crippen LogP contribution < -0.4 is 10.5 Å². The summed E-state index contributed by atoms with van der Waals surface area (Å²) >= 11 is 1.77. The van der Waals surface area contributed by atoms with E-state index in [1.807, 2.05) is 0 Å². The molecule has 1 atom stereocenters. The zero-order valence-corrected chi connectivity index (χ0v) is 9.60. The van der Waals surface area contributed by atoms with Gasteiger partial charge in [-0.1, -0.05) is 6.92 Å². The van der Waals surface area contributed by atoms with Gasteiger partial charge in [0.1, 0.15) is 11.6 Å². The predicted octanol–water partition coefficient (Wildman–Crippen LogP) is 2.28. The van der Waals surface area contributed by atoms with Crippen molar-refractivity contribution in [1.82, 2.24) is 0 Å². The Bertz CT molecular complexity index is 278. The molecule has 84 valence electrons. The number of nitrogens with two attached hydrogens (primary N) is 1. The fraction of sp³-hybridized carbons (Fsp3) is 0.455. The SMILES string of the molecule is CC(CN)SCCOc1ccc(F)cc1. The number of halogens is 1. The van der Waals surface area contributed by atoms with E-state index in [0.717, 1.165) is 5.75 Å². The van der Waals surface area contributed by atoms with Gasteiger partial charge in [0.2, 0.25) is 0 Å². The molecule has 0 bridgehead atoms. The topological polar surface area (TPSA) is 35.2 Å². The molecule has 0 saturated carbocycles. The van der Waals surface area contributed by atoms with Crippen molar-refractivity contribution in [3.63, 3.8) is 0 Å². The Hall–Kier alpha value is -0.740. The van der Waals surface area contributed by atoms with Gasteiger partial charge in [0, 0.05) is 17.5 Å². The highest BCUT2D eigenvalue weighted by Crippen LogP contribution is 2.13. The summed E-state index contributed by atoms with van der Waals surface area (Å²) < 4.78 is 18.0. The molecule has 0 aliphatic rings. The summed E-state index contributed by atoms with van der Waals surface area (Å²) in [5.41, 5.74) is 5.48. The van der Waals surface area contributed by atoms with Gasteiger partial charge >= 0.3 is 0 Å². The van der Waals surface area contributed by atoms with E-state index in [1.54, 1.807) is 23.9 Å². The standard InChI is InChI=1S/C11H16FNOS/c1-9(8-13)15-7-6-14-11-4-2-10(12)3-5-11/h2-5,9H,6-8,13H2,1H3. The van der Waals surface area contributed by atoms with Crippen molar-refractivity contribution in [2.24, 2.45) is 5.73 Å². The molecule has 1 rings (SSSR count).